The number of benzene rings is 2. The fourth-order valence-corrected chi connectivity index (χ4v) is 3.77. The normalized spacial score (nSPS) is 13.4. The average molecular weight is 445 g/mol. The molecule has 0 unspecified atom stereocenters. The highest BCUT2D eigenvalue weighted by molar-refractivity contribution is 7.85. The number of hydrogen-bond donors (Lipinski definition) is 1. The zero-order valence-corrected chi connectivity index (χ0v) is 15.2. The monoisotopic (exact) mass is 444 g/mol. The van der Waals surface area contributed by atoms with Gasteiger partial charge in [-0.3, -0.25) is 4.55 Å². The van der Waals surface area contributed by atoms with Crippen molar-refractivity contribution in [1.82, 2.24) is 0 Å². The molecular weight excluding hydrogens is 434 g/mol. The van der Waals surface area contributed by atoms with E-state index in [1.165, 1.54) is 6.07 Å². The van der Waals surface area contributed by atoms with Crippen molar-refractivity contribution in [3.05, 3.63) is 70.8 Å². The van der Waals surface area contributed by atoms with E-state index < -0.39 is 48.9 Å². The van der Waals surface area contributed by atoms with Gasteiger partial charge in [-0.15, -0.1) is 0 Å². The molecule has 0 aliphatic heterocycles. The van der Waals surface area contributed by atoms with Crippen molar-refractivity contribution in [2.45, 2.75) is 22.7 Å². The summed E-state index contributed by atoms with van der Waals surface area (Å²) in [4.78, 5) is -1.56. The van der Waals surface area contributed by atoms with E-state index in [2.05, 4.69) is 6.58 Å². The SMILES string of the molecule is C=Cc1cccc(C(c2cc(Cl)ccc2S(=O)(=O)O)(C(F)(F)F)C(F)(F)F)c1. The summed E-state index contributed by atoms with van der Waals surface area (Å²) in [6.45, 7) is 3.30. The summed E-state index contributed by atoms with van der Waals surface area (Å²) in [6.07, 6.45) is -11.1. The highest BCUT2D eigenvalue weighted by atomic mass is 35.5. The molecule has 0 spiro atoms. The summed E-state index contributed by atoms with van der Waals surface area (Å²) in [7, 11) is -5.46. The lowest BCUT2D eigenvalue weighted by Crippen LogP contribution is -2.55. The topological polar surface area (TPSA) is 54.4 Å². The molecule has 0 atom stereocenters. The quantitative estimate of drug-likeness (QED) is 0.490. The molecule has 0 aromatic heterocycles. The molecule has 0 saturated heterocycles. The number of rotatable bonds is 4. The van der Waals surface area contributed by atoms with Crippen LogP contribution >= 0.6 is 11.6 Å². The maximum absolute atomic E-state index is 14.1. The molecule has 152 valence electrons. The molecular formula is C17H11ClF6O3S. The lowest BCUT2D eigenvalue weighted by molar-refractivity contribution is -0.289. The van der Waals surface area contributed by atoms with Crippen LogP contribution < -0.4 is 0 Å². The van der Waals surface area contributed by atoms with Gasteiger partial charge in [0.2, 0.25) is 5.41 Å². The minimum absolute atomic E-state index is 0.0641. The Kier molecular flexibility index (Phi) is 5.63. The predicted octanol–water partition coefficient (Wildman–Crippen LogP) is 5.64. The van der Waals surface area contributed by atoms with E-state index in [0.717, 1.165) is 18.2 Å². The third-order valence-corrected chi connectivity index (χ3v) is 5.18. The molecule has 0 aliphatic rings. The largest absolute Gasteiger partial charge is 0.411 e. The van der Waals surface area contributed by atoms with Crippen LogP contribution in [0.15, 0.2) is 53.9 Å². The summed E-state index contributed by atoms with van der Waals surface area (Å²) in [5, 5.41) is -0.583. The van der Waals surface area contributed by atoms with Crippen LogP contribution in [0.2, 0.25) is 5.02 Å². The van der Waals surface area contributed by atoms with Crippen molar-refractivity contribution in [2.75, 3.05) is 0 Å². The Hall–Kier alpha value is -2.04. The molecule has 0 heterocycles. The van der Waals surface area contributed by atoms with Crippen molar-refractivity contribution in [3.63, 3.8) is 0 Å². The van der Waals surface area contributed by atoms with Crippen LogP contribution in [-0.4, -0.2) is 25.3 Å². The molecule has 0 saturated carbocycles. The van der Waals surface area contributed by atoms with Crippen molar-refractivity contribution in [1.29, 1.82) is 0 Å². The first-order valence-electron chi connectivity index (χ1n) is 7.30. The van der Waals surface area contributed by atoms with Crippen LogP contribution in [0.4, 0.5) is 26.3 Å². The van der Waals surface area contributed by atoms with Crippen LogP contribution in [0, 0.1) is 0 Å². The fourth-order valence-electron chi connectivity index (χ4n) is 2.87. The summed E-state index contributed by atoms with van der Waals surface area (Å²) in [5.41, 5.74) is -7.92. The van der Waals surface area contributed by atoms with Crippen LogP contribution in [0.5, 0.6) is 0 Å². The maximum Gasteiger partial charge on any atom is 0.411 e. The molecule has 0 amide bonds. The zero-order chi connectivity index (χ0) is 21.5. The third-order valence-electron chi connectivity index (χ3n) is 4.03. The molecule has 0 bridgehead atoms. The van der Waals surface area contributed by atoms with E-state index in [1.807, 2.05) is 0 Å². The van der Waals surface area contributed by atoms with Crippen molar-refractivity contribution in [3.8, 4) is 0 Å². The number of alkyl halides is 6. The molecule has 11 heteroatoms. The Morgan fingerprint density at radius 1 is 0.964 bits per heavy atom. The Balaban J connectivity index is 3.17. The number of hydrogen-bond acceptors (Lipinski definition) is 2. The smallest absolute Gasteiger partial charge is 0.282 e. The lowest BCUT2D eigenvalue weighted by atomic mass is 9.72. The average Bonchev–Trinajstić information content (AvgIpc) is 2.52. The van der Waals surface area contributed by atoms with Gasteiger partial charge in [0.05, 0.1) is 4.90 Å². The molecule has 3 nitrogen and oxygen atoms in total. The minimum atomic E-state index is -6.05. The lowest BCUT2D eigenvalue weighted by Gasteiger charge is -2.39. The summed E-state index contributed by atoms with van der Waals surface area (Å²) < 4.78 is 117. The minimum Gasteiger partial charge on any atom is -0.282 e. The Labute approximate surface area is 161 Å². The second-order valence-corrected chi connectivity index (χ2v) is 7.52. The third kappa shape index (κ3) is 3.63. The Morgan fingerprint density at radius 2 is 1.54 bits per heavy atom. The molecule has 0 radical (unpaired) electrons. The van der Waals surface area contributed by atoms with Gasteiger partial charge < -0.3 is 0 Å². The van der Waals surface area contributed by atoms with Gasteiger partial charge in [0, 0.05) is 10.6 Å². The second kappa shape index (κ2) is 7.09. The van der Waals surface area contributed by atoms with Gasteiger partial charge >= 0.3 is 12.4 Å². The molecule has 0 aliphatic carbocycles. The van der Waals surface area contributed by atoms with E-state index in [9.17, 15) is 39.3 Å². The Morgan fingerprint density at radius 3 is 2.00 bits per heavy atom. The van der Waals surface area contributed by atoms with Gasteiger partial charge in [0.1, 0.15) is 0 Å². The van der Waals surface area contributed by atoms with Crippen molar-refractivity contribution < 1.29 is 39.3 Å². The van der Waals surface area contributed by atoms with E-state index in [0.29, 0.717) is 18.2 Å². The van der Waals surface area contributed by atoms with Crippen LogP contribution in [-0.2, 0) is 15.5 Å². The van der Waals surface area contributed by atoms with E-state index in [1.54, 1.807) is 0 Å². The van der Waals surface area contributed by atoms with E-state index in [4.69, 9.17) is 11.6 Å². The van der Waals surface area contributed by atoms with Gasteiger partial charge in [-0.25, -0.2) is 0 Å². The van der Waals surface area contributed by atoms with Gasteiger partial charge in [-0.1, -0.05) is 48.5 Å². The molecule has 0 fully saturated rings. The summed E-state index contributed by atoms with van der Waals surface area (Å²) >= 11 is 5.59. The molecule has 2 aromatic carbocycles. The molecule has 2 rings (SSSR count). The summed E-state index contributed by atoms with van der Waals surface area (Å²) in [5.74, 6) is 0. The van der Waals surface area contributed by atoms with Crippen LogP contribution in [0.1, 0.15) is 16.7 Å². The van der Waals surface area contributed by atoms with Crippen LogP contribution in [0.25, 0.3) is 6.08 Å². The van der Waals surface area contributed by atoms with E-state index in [-0.39, 0.29) is 11.6 Å². The zero-order valence-electron chi connectivity index (χ0n) is 13.6. The van der Waals surface area contributed by atoms with E-state index >= 15 is 0 Å². The first-order valence-corrected chi connectivity index (χ1v) is 9.12. The van der Waals surface area contributed by atoms with Crippen molar-refractivity contribution in [2.24, 2.45) is 0 Å². The highest BCUT2D eigenvalue weighted by Crippen LogP contribution is 2.57. The molecule has 1 N–H and O–H groups in total. The van der Waals surface area contributed by atoms with Gasteiger partial charge in [0.15, 0.2) is 0 Å². The Bertz CT molecular complexity index is 998. The standard InChI is InChI=1S/C17H11ClF6O3S/c1-2-10-4-3-5-11(8-10)15(16(19,20)21,17(22,23)24)13-9-12(18)6-7-14(13)28(25,26)27/h2-9H,1H2,(H,25,26,27). The van der Waals surface area contributed by atoms with Gasteiger partial charge in [-0.05, 0) is 29.3 Å². The van der Waals surface area contributed by atoms with Gasteiger partial charge in [0.25, 0.3) is 10.1 Å². The second-order valence-electron chi connectivity index (χ2n) is 5.69. The first-order chi connectivity index (χ1) is 12.7. The molecule has 2 aromatic rings. The van der Waals surface area contributed by atoms with Crippen molar-refractivity contribution >= 4 is 27.8 Å². The fraction of sp³-hybridized carbons (Fsp3) is 0.176. The first kappa shape index (κ1) is 22.3. The van der Waals surface area contributed by atoms with Crippen LogP contribution in [0.3, 0.4) is 0 Å². The predicted molar refractivity (Wildman–Crippen MR) is 90.7 cm³/mol. The highest BCUT2D eigenvalue weighted by Gasteiger charge is 2.73. The maximum atomic E-state index is 14.1. The summed E-state index contributed by atoms with van der Waals surface area (Å²) in [6, 6.07) is 4.67. The molecule has 28 heavy (non-hydrogen) atoms. The van der Waals surface area contributed by atoms with Gasteiger partial charge in [-0.2, -0.15) is 34.8 Å². The number of halogens is 7.